The maximum absolute atomic E-state index is 12.4. The molecule has 2 rings (SSSR count). The van der Waals surface area contributed by atoms with Gasteiger partial charge >= 0.3 is 0 Å². The number of hydrogen-bond acceptors (Lipinski definition) is 4. The summed E-state index contributed by atoms with van der Waals surface area (Å²) in [6, 6.07) is 2.90. The third-order valence-corrected chi connectivity index (χ3v) is 5.51. The quantitative estimate of drug-likeness (QED) is 0.793. The Balaban J connectivity index is 2.23. The van der Waals surface area contributed by atoms with Crippen molar-refractivity contribution in [3.63, 3.8) is 0 Å². The number of nitrogen functional groups attached to an aromatic ring is 1. The SMILES string of the molecule is Nc1c(Cl)cc(C(=O)N2CCCS(=O)(=O)CC2)cc1Cl. The number of nitrogens with two attached hydrogens (primary N) is 1. The van der Waals surface area contributed by atoms with Crippen molar-refractivity contribution < 1.29 is 13.2 Å². The molecule has 0 saturated carbocycles. The molecule has 8 heteroatoms. The fraction of sp³-hybridized carbons (Fsp3) is 0.417. The van der Waals surface area contributed by atoms with Gasteiger partial charge in [-0.3, -0.25) is 4.79 Å². The van der Waals surface area contributed by atoms with Gasteiger partial charge in [0.25, 0.3) is 5.91 Å². The molecule has 0 bridgehead atoms. The number of benzene rings is 1. The van der Waals surface area contributed by atoms with Crippen LogP contribution in [0.5, 0.6) is 0 Å². The lowest BCUT2D eigenvalue weighted by molar-refractivity contribution is 0.0768. The van der Waals surface area contributed by atoms with Gasteiger partial charge in [0.15, 0.2) is 9.84 Å². The molecule has 1 aliphatic heterocycles. The molecule has 1 saturated heterocycles. The summed E-state index contributed by atoms with van der Waals surface area (Å²) in [7, 11) is -3.06. The Hall–Kier alpha value is -0.980. The number of amides is 1. The average molecular weight is 337 g/mol. The molecule has 1 amide bonds. The van der Waals surface area contributed by atoms with E-state index >= 15 is 0 Å². The topological polar surface area (TPSA) is 80.5 Å². The van der Waals surface area contributed by atoms with E-state index in [1.165, 1.54) is 17.0 Å². The molecule has 1 aromatic carbocycles. The molecule has 2 N–H and O–H groups in total. The predicted octanol–water partition coefficient (Wildman–Crippen LogP) is 1.84. The lowest BCUT2D eigenvalue weighted by Gasteiger charge is -2.20. The molecule has 0 aromatic heterocycles. The summed E-state index contributed by atoms with van der Waals surface area (Å²) in [5, 5.41) is 0.423. The molecule has 1 aliphatic rings. The van der Waals surface area contributed by atoms with Gasteiger partial charge in [0.1, 0.15) is 0 Å². The number of rotatable bonds is 1. The van der Waals surface area contributed by atoms with E-state index in [1.54, 1.807) is 0 Å². The second-order valence-corrected chi connectivity index (χ2v) is 7.77. The van der Waals surface area contributed by atoms with Crippen molar-refractivity contribution in [2.24, 2.45) is 0 Å². The van der Waals surface area contributed by atoms with Gasteiger partial charge in [0.2, 0.25) is 0 Å². The van der Waals surface area contributed by atoms with Crippen LogP contribution in [0.2, 0.25) is 10.0 Å². The molecule has 110 valence electrons. The zero-order chi connectivity index (χ0) is 14.9. The molecule has 20 heavy (non-hydrogen) atoms. The third-order valence-electron chi connectivity index (χ3n) is 3.17. The Kier molecular flexibility index (Phi) is 4.46. The number of halogens is 2. The summed E-state index contributed by atoms with van der Waals surface area (Å²) >= 11 is 11.8. The van der Waals surface area contributed by atoms with Crippen molar-refractivity contribution in [2.45, 2.75) is 6.42 Å². The van der Waals surface area contributed by atoms with Crippen LogP contribution in [0.4, 0.5) is 5.69 Å². The summed E-state index contributed by atoms with van der Waals surface area (Å²) in [6.45, 7) is 0.582. The summed E-state index contributed by atoms with van der Waals surface area (Å²) < 4.78 is 23.1. The number of anilines is 1. The number of sulfone groups is 1. The van der Waals surface area contributed by atoms with Gasteiger partial charge in [-0.25, -0.2) is 8.42 Å². The minimum absolute atomic E-state index is 0.0187. The van der Waals surface area contributed by atoms with Gasteiger partial charge in [-0.2, -0.15) is 0 Å². The van der Waals surface area contributed by atoms with E-state index in [2.05, 4.69) is 0 Å². The first-order chi connectivity index (χ1) is 9.30. The molecular weight excluding hydrogens is 323 g/mol. The van der Waals surface area contributed by atoms with Crippen molar-refractivity contribution in [3.8, 4) is 0 Å². The van der Waals surface area contributed by atoms with Gasteiger partial charge in [0.05, 0.1) is 27.2 Å². The van der Waals surface area contributed by atoms with Crippen LogP contribution in [0.15, 0.2) is 12.1 Å². The number of carbonyl (C=O) groups is 1. The maximum Gasteiger partial charge on any atom is 0.253 e. The van der Waals surface area contributed by atoms with Crippen molar-refractivity contribution in [2.75, 3.05) is 30.3 Å². The Labute approximate surface area is 127 Å². The van der Waals surface area contributed by atoms with E-state index in [-0.39, 0.29) is 39.7 Å². The number of carbonyl (C=O) groups excluding carboxylic acids is 1. The zero-order valence-electron chi connectivity index (χ0n) is 10.6. The normalized spacial score (nSPS) is 18.6. The van der Waals surface area contributed by atoms with Gasteiger partial charge < -0.3 is 10.6 Å². The molecule has 1 aromatic rings. The molecular formula is C12H14Cl2N2O3S. The first-order valence-electron chi connectivity index (χ1n) is 6.04. The van der Waals surface area contributed by atoms with Gasteiger partial charge in [-0.15, -0.1) is 0 Å². The molecule has 1 heterocycles. The Morgan fingerprint density at radius 1 is 1.15 bits per heavy atom. The summed E-state index contributed by atoms with van der Waals surface area (Å²) in [4.78, 5) is 13.9. The molecule has 0 unspecified atom stereocenters. The highest BCUT2D eigenvalue weighted by Gasteiger charge is 2.24. The van der Waals surface area contributed by atoms with E-state index in [1.807, 2.05) is 0 Å². The molecule has 0 aliphatic carbocycles. The second-order valence-electron chi connectivity index (χ2n) is 4.65. The van der Waals surface area contributed by atoms with Crippen LogP contribution in [0, 0.1) is 0 Å². The molecule has 0 radical (unpaired) electrons. The third kappa shape index (κ3) is 3.37. The summed E-state index contributed by atoms with van der Waals surface area (Å²) in [5.74, 6) is -0.194. The largest absolute Gasteiger partial charge is 0.396 e. The van der Waals surface area contributed by atoms with Crippen LogP contribution in [0.25, 0.3) is 0 Å². The molecule has 5 nitrogen and oxygen atoms in total. The molecule has 0 atom stereocenters. The monoisotopic (exact) mass is 336 g/mol. The molecule has 0 spiro atoms. The minimum atomic E-state index is -3.06. The zero-order valence-corrected chi connectivity index (χ0v) is 12.9. The van der Waals surface area contributed by atoms with Crippen molar-refractivity contribution in [3.05, 3.63) is 27.7 Å². The van der Waals surface area contributed by atoms with E-state index in [0.717, 1.165) is 0 Å². The smallest absolute Gasteiger partial charge is 0.253 e. The van der Waals surface area contributed by atoms with Crippen LogP contribution >= 0.6 is 23.2 Å². The van der Waals surface area contributed by atoms with Crippen LogP contribution < -0.4 is 5.73 Å². The van der Waals surface area contributed by atoms with Crippen LogP contribution in [-0.4, -0.2) is 43.8 Å². The first-order valence-corrected chi connectivity index (χ1v) is 8.62. The van der Waals surface area contributed by atoms with E-state index in [9.17, 15) is 13.2 Å². The predicted molar refractivity (Wildman–Crippen MR) is 80.0 cm³/mol. The Morgan fingerprint density at radius 3 is 2.35 bits per heavy atom. The van der Waals surface area contributed by atoms with Gasteiger partial charge in [-0.05, 0) is 18.6 Å². The van der Waals surface area contributed by atoms with Crippen molar-refractivity contribution >= 4 is 44.6 Å². The number of nitrogens with zero attached hydrogens (tertiary/aromatic N) is 1. The van der Waals surface area contributed by atoms with E-state index in [0.29, 0.717) is 18.5 Å². The fourth-order valence-electron chi connectivity index (χ4n) is 2.03. The summed E-state index contributed by atoms with van der Waals surface area (Å²) in [6.07, 6.45) is 0.435. The molecule has 1 fully saturated rings. The average Bonchev–Trinajstić information content (AvgIpc) is 2.55. The van der Waals surface area contributed by atoms with Crippen LogP contribution in [0.1, 0.15) is 16.8 Å². The van der Waals surface area contributed by atoms with Crippen LogP contribution in [0.3, 0.4) is 0 Å². The summed E-state index contributed by atoms with van der Waals surface area (Å²) in [5.41, 5.74) is 6.16. The van der Waals surface area contributed by atoms with E-state index < -0.39 is 9.84 Å². The Morgan fingerprint density at radius 2 is 1.75 bits per heavy atom. The van der Waals surface area contributed by atoms with Gasteiger partial charge in [-0.1, -0.05) is 23.2 Å². The standard InChI is InChI=1S/C12H14Cl2N2O3S/c13-9-6-8(7-10(14)11(9)15)12(17)16-2-1-4-20(18,19)5-3-16/h6-7H,1-5,15H2. The fourth-order valence-corrected chi connectivity index (χ4v) is 3.79. The second kappa shape index (κ2) is 5.79. The highest BCUT2D eigenvalue weighted by Crippen LogP contribution is 2.29. The first kappa shape index (κ1) is 15.4. The lowest BCUT2D eigenvalue weighted by atomic mass is 10.1. The number of hydrogen-bond donors (Lipinski definition) is 1. The highest BCUT2D eigenvalue weighted by molar-refractivity contribution is 7.91. The van der Waals surface area contributed by atoms with Crippen molar-refractivity contribution in [1.29, 1.82) is 0 Å². The Bertz CT molecular complexity index is 623. The van der Waals surface area contributed by atoms with E-state index in [4.69, 9.17) is 28.9 Å². The highest BCUT2D eigenvalue weighted by atomic mass is 35.5. The van der Waals surface area contributed by atoms with Crippen molar-refractivity contribution in [1.82, 2.24) is 4.90 Å². The maximum atomic E-state index is 12.4. The minimum Gasteiger partial charge on any atom is -0.396 e. The van der Waals surface area contributed by atoms with Crippen LogP contribution in [-0.2, 0) is 9.84 Å². The van der Waals surface area contributed by atoms with Gasteiger partial charge in [0, 0.05) is 18.7 Å². The lowest BCUT2D eigenvalue weighted by Crippen LogP contribution is -2.33.